The van der Waals surface area contributed by atoms with Crippen LogP contribution >= 0.6 is 22.6 Å². The molecule has 18 heavy (non-hydrogen) atoms. The van der Waals surface area contributed by atoms with Crippen molar-refractivity contribution in [3.63, 3.8) is 0 Å². The number of nitrogens with zero attached hydrogens (tertiary/aromatic N) is 1. The van der Waals surface area contributed by atoms with E-state index in [1.165, 1.54) is 10.8 Å². The molecule has 4 unspecified atom stereocenters. The molecule has 0 aliphatic heterocycles. The number of aliphatic hydroxyl groups excluding tert-OH is 2. The first-order valence-corrected chi connectivity index (χ1v) is 6.87. The monoisotopic (exact) mass is 364 g/mol. The molecule has 3 rings (SSSR count). The molecule has 0 radical (unpaired) electrons. The van der Waals surface area contributed by atoms with E-state index in [-0.39, 0.29) is 24.1 Å². The highest BCUT2D eigenvalue weighted by atomic mass is 127. The highest BCUT2D eigenvalue weighted by molar-refractivity contribution is 14.1. The molecule has 7 heteroatoms. The zero-order valence-electron chi connectivity index (χ0n) is 9.47. The molecule has 2 aliphatic rings. The van der Waals surface area contributed by atoms with Crippen LogP contribution in [0.3, 0.4) is 0 Å². The summed E-state index contributed by atoms with van der Waals surface area (Å²) in [5, 5.41) is 19.4. The summed E-state index contributed by atoms with van der Waals surface area (Å²) in [6, 6.07) is -0.134. The first-order chi connectivity index (χ1) is 8.49. The highest BCUT2D eigenvalue weighted by Gasteiger charge is 2.67. The van der Waals surface area contributed by atoms with Gasteiger partial charge in [0.15, 0.2) is 0 Å². The summed E-state index contributed by atoms with van der Waals surface area (Å²) >= 11 is 1.88. The summed E-state index contributed by atoms with van der Waals surface area (Å²) in [5.74, 6) is 0.122. The topological polar surface area (TPSA) is 95.3 Å². The average molecular weight is 364 g/mol. The van der Waals surface area contributed by atoms with Gasteiger partial charge < -0.3 is 10.2 Å². The van der Waals surface area contributed by atoms with Crippen LogP contribution in [0.2, 0.25) is 0 Å². The molecule has 98 valence electrons. The van der Waals surface area contributed by atoms with Crippen molar-refractivity contribution < 1.29 is 10.2 Å². The summed E-state index contributed by atoms with van der Waals surface area (Å²) in [6.07, 6.45) is 2.14. The van der Waals surface area contributed by atoms with Gasteiger partial charge in [0, 0.05) is 17.7 Å². The lowest BCUT2D eigenvalue weighted by Crippen LogP contribution is -2.34. The Kier molecular flexibility index (Phi) is 2.69. The molecule has 1 aromatic rings. The van der Waals surface area contributed by atoms with Gasteiger partial charge in [0.05, 0.1) is 16.3 Å². The van der Waals surface area contributed by atoms with Crippen LogP contribution in [0, 0.1) is 14.9 Å². The number of aromatic nitrogens is 2. The second-order valence-corrected chi connectivity index (χ2v) is 6.33. The maximum absolute atomic E-state index is 11.8. The van der Waals surface area contributed by atoms with Crippen LogP contribution in [-0.4, -0.2) is 32.5 Å². The summed E-state index contributed by atoms with van der Waals surface area (Å²) in [7, 11) is 0. The van der Waals surface area contributed by atoms with E-state index in [9.17, 15) is 19.8 Å². The Balaban J connectivity index is 2.02. The second kappa shape index (κ2) is 3.91. The largest absolute Gasteiger partial charge is 0.396 e. The Morgan fingerprint density at radius 1 is 1.56 bits per heavy atom. The van der Waals surface area contributed by atoms with Crippen molar-refractivity contribution >= 4 is 22.6 Å². The van der Waals surface area contributed by atoms with Gasteiger partial charge in [-0.2, -0.15) is 0 Å². The van der Waals surface area contributed by atoms with Gasteiger partial charge in [0.2, 0.25) is 0 Å². The van der Waals surface area contributed by atoms with Gasteiger partial charge >= 0.3 is 5.69 Å². The predicted molar refractivity (Wildman–Crippen MR) is 71.3 cm³/mol. The maximum Gasteiger partial charge on any atom is 0.328 e. The Morgan fingerprint density at radius 3 is 2.83 bits per heavy atom. The molecular weight excluding hydrogens is 351 g/mol. The third kappa shape index (κ3) is 1.53. The lowest BCUT2D eigenvalue weighted by molar-refractivity contribution is 0.0599. The van der Waals surface area contributed by atoms with Crippen molar-refractivity contribution in [2.24, 2.45) is 11.3 Å². The number of aromatic amines is 1. The number of hydrogen-bond donors (Lipinski definition) is 3. The Hall–Kier alpha value is -0.670. The minimum absolute atomic E-state index is 0.0511. The first-order valence-electron chi connectivity index (χ1n) is 5.79. The molecule has 0 amide bonds. The van der Waals surface area contributed by atoms with Crippen molar-refractivity contribution in [1.82, 2.24) is 9.55 Å². The second-order valence-electron chi connectivity index (χ2n) is 5.16. The fraction of sp³-hybridized carbons (Fsp3) is 0.636. The summed E-state index contributed by atoms with van der Waals surface area (Å²) in [6.45, 7) is -0.0511. The van der Waals surface area contributed by atoms with E-state index < -0.39 is 17.2 Å². The maximum atomic E-state index is 11.8. The Labute approximate surface area is 116 Å². The van der Waals surface area contributed by atoms with Gasteiger partial charge in [0.25, 0.3) is 5.56 Å². The standard InChI is InChI=1S/C11H13IN2O4/c12-6-3-14(10(18)13-9(6)17)7-1-8(16)11(4-15)2-5(7)11/h3,5,7-8,15-16H,1-2,4H2,(H,13,17,18). The van der Waals surface area contributed by atoms with Crippen molar-refractivity contribution in [3.8, 4) is 0 Å². The minimum Gasteiger partial charge on any atom is -0.396 e. The predicted octanol–water partition coefficient (Wildman–Crippen LogP) is -0.555. The molecule has 0 aromatic carbocycles. The Morgan fingerprint density at radius 2 is 2.28 bits per heavy atom. The van der Waals surface area contributed by atoms with Gasteiger partial charge in [-0.3, -0.25) is 14.3 Å². The van der Waals surface area contributed by atoms with Gasteiger partial charge in [-0.25, -0.2) is 4.79 Å². The zero-order chi connectivity index (χ0) is 13.1. The van der Waals surface area contributed by atoms with Crippen LogP contribution in [0.1, 0.15) is 18.9 Å². The molecule has 3 N–H and O–H groups in total. The normalized spacial score (nSPS) is 37.6. The summed E-state index contributed by atoms with van der Waals surface area (Å²) in [4.78, 5) is 25.4. The van der Waals surface area contributed by atoms with Gasteiger partial charge in [-0.05, 0) is 41.4 Å². The van der Waals surface area contributed by atoms with Crippen molar-refractivity contribution in [2.45, 2.75) is 25.0 Å². The number of hydrogen-bond acceptors (Lipinski definition) is 4. The van der Waals surface area contributed by atoms with Crippen molar-refractivity contribution in [2.75, 3.05) is 6.61 Å². The fourth-order valence-electron chi connectivity index (χ4n) is 3.18. The van der Waals surface area contributed by atoms with Crippen LogP contribution in [0.25, 0.3) is 0 Å². The van der Waals surface area contributed by atoms with E-state index in [1.807, 2.05) is 22.6 Å². The fourth-order valence-corrected chi connectivity index (χ4v) is 3.62. The van der Waals surface area contributed by atoms with E-state index in [2.05, 4.69) is 4.98 Å². The number of aliphatic hydroxyl groups is 2. The molecular formula is C11H13IN2O4. The van der Waals surface area contributed by atoms with E-state index >= 15 is 0 Å². The molecule has 2 fully saturated rings. The third-order valence-corrected chi connectivity index (χ3v) is 5.12. The molecule has 0 saturated heterocycles. The lowest BCUT2D eigenvalue weighted by atomic mass is 10.0. The lowest BCUT2D eigenvalue weighted by Gasteiger charge is -2.16. The third-order valence-electron chi connectivity index (χ3n) is 4.35. The van der Waals surface area contributed by atoms with E-state index in [4.69, 9.17) is 0 Å². The SMILES string of the molecule is O=c1[nH]c(=O)n(C2CC(O)C3(CO)CC23)cc1I. The molecule has 1 heterocycles. The first kappa shape index (κ1) is 12.4. The Bertz CT molecular complexity index is 610. The number of halogens is 1. The van der Waals surface area contributed by atoms with Crippen LogP contribution in [0.15, 0.2) is 15.8 Å². The quantitative estimate of drug-likeness (QED) is 0.614. The summed E-state index contributed by atoms with van der Waals surface area (Å²) < 4.78 is 1.94. The molecule has 2 saturated carbocycles. The van der Waals surface area contributed by atoms with Crippen molar-refractivity contribution in [1.29, 1.82) is 0 Å². The smallest absolute Gasteiger partial charge is 0.328 e. The molecule has 2 aliphatic carbocycles. The molecule has 1 aromatic heterocycles. The minimum atomic E-state index is -0.575. The van der Waals surface area contributed by atoms with E-state index in [0.717, 1.165) is 6.42 Å². The van der Waals surface area contributed by atoms with E-state index in [0.29, 0.717) is 9.99 Å². The molecule has 0 bridgehead atoms. The molecule has 0 spiro atoms. The number of nitrogens with one attached hydrogen (secondary N) is 1. The van der Waals surface area contributed by atoms with Crippen LogP contribution in [-0.2, 0) is 0 Å². The number of rotatable bonds is 2. The van der Waals surface area contributed by atoms with Crippen LogP contribution in [0.5, 0.6) is 0 Å². The highest BCUT2D eigenvalue weighted by Crippen LogP contribution is 2.66. The van der Waals surface area contributed by atoms with Crippen LogP contribution < -0.4 is 11.2 Å². The van der Waals surface area contributed by atoms with E-state index in [1.54, 1.807) is 0 Å². The summed E-state index contributed by atoms with van der Waals surface area (Å²) in [5.41, 5.74) is -1.26. The molecule has 6 nitrogen and oxygen atoms in total. The van der Waals surface area contributed by atoms with Gasteiger partial charge in [0.1, 0.15) is 0 Å². The molecule has 4 atom stereocenters. The van der Waals surface area contributed by atoms with Gasteiger partial charge in [-0.1, -0.05) is 0 Å². The van der Waals surface area contributed by atoms with Gasteiger partial charge in [-0.15, -0.1) is 0 Å². The van der Waals surface area contributed by atoms with Crippen LogP contribution in [0.4, 0.5) is 0 Å². The number of fused-ring (bicyclic) bond motifs is 1. The average Bonchev–Trinajstić information content (AvgIpc) is 3.01. The van der Waals surface area contributed by atoms with Crippen molar-refractivity contribution in [3.05, 3.63) is 30.6 Å². The zero-order valence-corrected chi connectivity index (χ0v) is 11.6. The number of H-pyrrole nitrogens is 1.